The highest BCUT2D eigenvalue weighted by atomic mass is 35.5. The molecule has 0 N–H and O–H groups in total. The van der Waals surface area contributed by atoms with Crippen LogP contribution in [-0.2, 0) is 24.3 Å². The van der Waals surface area contributed by atoms with Crippen molar-refractivity contribution in [3.63, 3.8) is 0 Å². The van der Waals surface area contributed by atoms with Gasteiger partial charge in [-0.25, -0.2) is 0 Å². The van der Waals surface area contributed by atoms with Crippen molar-refractivity contribution in [2.75, 3.05) is 19.6 Å². The Morgan fingerprint density at radius 1 is 1.16 bits per heavy atom. The summed E-state index contributed by atoms with van der Waals surface area (Å²) in [6.07, 6.45) is 8.05. The third-order valence-corrected chi connectivity index (χ3v) is 6.06. The van der Waals surface area contributed by atoms with E-state index in [1.165, 1.54) is 5.56 Å². The average molecular weight is 438 g/mol. The Balaban J connectivity index is 1.43. The van der Waals surface area contributed by atoms with Gasteiger partial charge in [-0.3, -0.25) is 14.7 Å². The van der Waals surface area contributed by atoms with Crippen molar-refractivity contribution in [1.29, 1.82) is 0 Å². The number of piperidine rings is 1. The van der Waals surface area contributed by atoms with Crippen molar-refractivity contribution in [3.05, 3.63) is 89.1 Å². The molecule has 1 aliphatic heterocycles. The number of nitrogens with zero attached hydrogens (tertiary/aromatic N) is 3. The van der Waals surface area contributed by atoms with Gasteiger partial charge in [0.1, 0.15) is 5.76 Å². The summed E-state index contributed by atoms with van der Waals surface area (Å²) in [4.78, 5) is 22.1. The topological polar surface area (TPSA) is 49.6 Å². The number of aromatic nitrogens is 1. The molecule has 2 aromatic heterocycles. The second-order valence-corrected chi connectivity index (χ2v) is 8.59. The van der Waals surface area contributed by atoms with Crippen molar-refractivity contribution in [2.45, 2.75) is 32.4 Å². The van der Waals surface area contributed by atoms with Gasteiger partial charge in [0.15, 0.2) is 0 Å². The molecule has 0 aliphatic carbocycles. The third kappa shape index (κ3) is 6.18. The van der Waals surface area contributed by atoms with Crippen LogP contribution in [0, 0.1) is 5.92 Å². The Labute approximate surface area is 188 Å². The highest BCUT2D eigenvalue weighted by molar-refractivity contribution is 6.30. The van der Waals surface area contributed by atoms with Gasteiger partial charge in [-0.15, -0.1) is 0 Å². The first-order valence-electron chi connectivity index (χ1n) is 10.8. The van der Waals surface area contributed by atoms with E-state index >= 15 is 0 Å². The number of benzene rings is 1. The first-order valence-corrected chi connectivity index (χ1v) is 11.2. The van der Waals surface area contributed by atoms with E-state index in [-0.39, 0.29) is 11.8 Å². The first-order chi connectivity index (χ1) is 15.2. The lowest BCUT2D eigenvalue weighted by molar-refractivity contribution is -0.138. The molecule has 4 rings (SSSR count). The van der Waals surface area contributed by atoms with E-state index < -0.39 is 0 Å². The summed E-state index contributed by atoms with van der Waals surface area (Å²) in [6.45, 7) is 3.77. The van der Waals surface area contributed by atoms with E-state index in [1.54, 1.807) is 12.5 Å². The molecule has 1 atom stereocenters. The predicted octanol–water partition coefficient (Wildman–Crippen LogP) is 4.81. The molecule has 0 radical (unpaired) electrons. The third-order valence-electron chi connectivity index (χ3n) is 5.81. The molecule has 6 heteroatoms. The van der Waals surface area contributed by atoms with Gasteiger partial charge in [0.25, 0.3) is 0 Å². The predicted molar refractivity (Wildman–Crippen MR) is 122 cm³/mol. The Bertz CT molecular complexity index is 945. The average Bonchev–Trinajstić information content (AvgIpc) is 3.31. The van der Waals surface area contributed by atoms with Crippen LogP contribution in [0.2, 0.25) is 5.02 Å². The minimum absolute atomic E-state index is 0.00519. The van der Waals surface area contributed by atoms with Gasteiger partial charge in [-0.2, -0.15) is 0 Å². The molecule has 5 nitrogen and oxygen atoms in total. The van der Waals surface area contributed by atoms with Crippen molar-refractivity contribution in [2.24, 2.45) is 5.92 Å². The van der Waals surface area contributed by atoms with Gasteiger partial charge in [0, 0.05) is 37.1 Å². The summed E-state index contributed by atoms with van der Waals surface area (Å²) >= 11 is 6.02. The maximum atomic E-state index is 13.6. The molecular formula is C25H28ClN3O2. The molecule has 162 valence electrons. The molecule has 0 spiro atoms. The van der Waals surface area contributed by atoms with Crippen LogP contribution in [0.3, 0.4) is 0 Å². The van der Waals surface area contributed by atoms with Gasteiger partial charge in [-0.1, -0.05) is 29.8 Å². The molecule has 1 fully saturated rings. The Morgan fingerprint density at radius 3 is 2.77 bits per heavy atom. The lowest BCUT2D eigenvalue weighted by Crippen LogP contribution is -2.45. The zero-order valence-corrected chi connectivity index (χ0v) is 18.4. The maximum Gasteiger partial charge on any atom is 0.227 e. The molecule has 3 aromatic rings. The van der Waals surface area contributed by atoms with Gasteiger partial charge in [0.05, 0.1) is 18.7 Å². The summed E-state index contributed by atoms with van der Waals surface area (Å²) in [7, 11) is 0. The standard InChI is InChI=1S/C25H28ClN3O2/c26-23-9-7-20(8-10-23)11-14-29(17-21-4-1-12-27-16-21)25(30)22-5-2-13-28(18-22)19-24-6-3-15-31-24/h1,3-4,6-10,12,15-16,22H,2,5,11,13-14,17-19H2. The molecule has 3 heterocycles. The number of amides is 1. The van der Waals surface area contributed by atoms with Crippen molar-refractivity contribution >= 4 is 17.5 Å². The summed E-state index contributed by atoms with van der Waals surface area (Å²) < 4.78 is 5.50. The monoisotopic (exact) mass is 437 g/mol. The Morgan fingerprint density at radius 2 is 2.03 bits per heavy atom. The van der Waals surface area contributed by atoms with E-state index in [4.69, 9.17) is 16.0 Å². The molecule has 1 saturated heterocycles. The number of hydrogen-bond donors (Lipinski definition) is 0. The lowest BCUT2D eigenvalue weighted by atomic mass is 9.96. The Hall–Kier alpha value is -2.63. The first kappa shape index (κ1) is 21.6. The number of furan rings is 1. The normalized spacial score (nSPS) is 16.9. The highest BCUT2D eigenvalue weighted by Crippen LogP contribution is 2.22. The smallest absolute Gasteiger partial charge is 0.227 e. The fraction of sp³-hybridized carbons (Fsp3) is 0.360. The van der Waals surface area contributed by atoms with Gasteiger partial charge < -0.3 is 9.32 Å². The van der Waals surface area contributed by atoms with E-state index in [2.05, 4.69) is 9.88 Å². The largest absolute Gasteiger partial charge is 0.468 e. The fourth-order valence-electron chi connectivity index (χ4n) is 4.18. The van der Waals surface area contributed by atoms with Crippen LogP contribution >= 0.6 is 11.6 Å². The summed E-state index contributed by atoms with van der Waals surface area (Å²) in [5.74, 6) is 1.18. The quantitative estimate of drug-likeness (QED) is 0.507. The van der Waals surface area contributed by atoms with E-state index in [1.807, 2.05) is 59.6 Å². The molecule has 0 saturated carbocycles. The van der Waals surface area contributed by atoms with Crippen LogP contribution in [0.4, 0.5) is 0 Å². The van der Waals surface area contributed by atoms with Gasteiger partial charge >= 0.3 is 0 Å². The summed E-state index contributed by atoms with van der Waals surface area (Å²) in [6, 6.07) is 15.7. The van der Waals surface area contributed by atoms with Gasteiger partial charge in [-0.05, 0) is 67.3 Å². The molecule has 1 aromatic carbocycles. The molecule has 0 bridgehead atoms. The van der Waals surface area contributed by atoms with Crippen LogP contribution in [0.15, 0.2) is 71.6 Å². The minimum Gasteiger partial charge on any atom is -0.468 e. The summed E-state index contributed by atoms with van der Waals surface area (Å²) in [5, 5.41) is 0.728. The second kappa shape index (κ2) is 10.6. The number of rotatable bonds is 8. The molecule has 1 unspecified atom stereocenters. The number of pyridine rings is 1. The molecule has 31 heavy (non-hydrogen) atoms. The molecule has 1 aliphatic rings. The SMILES string of the molecule is O=C(C1CCCN(Cc2ccco2)C1)N(CCc1ccc(Cl)cc1)Cc1cccnc1. The van der Waals surface area contributed by atoms with Gasteiger partial charge in [0.2, 0.25) is 5.91 Å². The van der Waals surface area contributed by atoms with Crippen molar-refractivity contribution < 1.29 is 9.21 Å². The van der Waals surface area contributed by atoms with Crippen molar-refractivity contribution in [1.82, 2.24) is 14.8 Å². The number of hydrogen-bond acceptors (Lipinski definition) is 4. The fourth-order valence-corrected chi connectivity index (χ4v) is 4.30. The highest BCUT2D eigenvalue weighted by Gasteiger charge is 2.29. The van der Waals surface area contributed by atoms with E-state index in [9.17, 15) is 4.79 Å². The zero-order valence-electron chi connectivity index (χ0n) is 17.6. The van der Waals surface area contributed by atoms with Crippen LogP contribution in [-0.4, -0.2) is 40.3 Å². The number of halogens is 1. The lowest BCUT2D eigenvalue weighted by Gasteiger charge is -2.34. The van der Waals surface area contributed by atoms with Crippen LogP contribution in [0.25, 0.3) is 0 Å². The van der Waals surface area contributed by atoms with Crippen molar-refractivity contribution in [3.8, 4) is 0 Å². The molecule has 1 amide bonds. The Kier molecular flexibility index (Phi) is 7.39. The van der Waals surface area contributed by atoms with Crippen LogP contribution < -0.4 is 0 Å². The van der Waals surface area contributed by atoms with Crippen LogP contribution in [0.1, 0.15) is 29.7 Å². The number of carbonyl (C=O) groups excluding carboxylic acids is 1. The molecular weight excluding hydrogens is 410 g/mol. The zero-order chi connectivity index (χ0) is 21.5. The van der Waals surface area contributed by atoms with E-state index in [0.29, 0.717) is 13.1 Å². The van der Waals surface area contributed by atoms with E-state index in [0.717, 1.165) is 55.2 Å². The summed E-state index contributed by atoms with van der Waals surface area (Å²) in [5.41, 5.74) is 2.23. The second-order valence-electron chi connectivity index (χ2n) is 8.15. The maximum absolute atomic E-state index is 13.6. The van der Waals surface area contributed by atoms with Crippen LogP contribution in [0.5, 0.6) is 0 Å². The minimum atomic E-state index is 0.00519. The number of likely N-dealkylation sites (tertiary alicyclic amines) is 1. The number of carbonyl (C=O) groups is 1.